The van der Waals surface area contributed by atoms with Gasteiger partial charge in [-0.25, -0.2) is 17.5 Å². The van der Waals surface area contributed by atoms with Gasteiger partial charge in [0.05, 0.1) is 10.7 Å². The lowest BCUT2D eigenvalue weighted by Crippen LogP contribution is -2.41. The van der Waals surface area contributed by atoms with Gasteiger partial charge in [0.1, 0.15) is 6.04 Å². The first-order chi connectivity index (χ1) is 9.03. The Morgan fingerprint density at radius 3 is 2.45 bits per heavy atom. The van der Waals surface area contributed by atoms with Crippen LogP contribution >= 0.6 is 15.9 Å². The monoisotopic (exact) mass is 373 g/mol. The fourth-order valence-electron chi connectivity index (χ4n) is 1.44. The van der Waals surface area contributed by atoms with Crippen LogP contribution in [0.1, 0.15) is 5.56 Å². The SMILES string of the molecule is CS(=O)(=O)NC(Cc1cc(Br)c(O)c(F)c1F)C(=O)O. The minimum atomic E-state index is -3.84. The van der Waals surface area contributed by atoms with Gasteiger partial charge in [-0.05, 0) is 27.6 Å². The summed E-state index contributed by atoms with van der Waals surface area (Å²) in [7, 11) is -3.84. The number of aromatic hydroxyl groups is 1. The number of carboxylic acids is 1. The largest absolute Gasteiger partial charge is 0.504 e. The van der Waals surface area contributed by atoms with Crippen LogP contribution in [0.2, 0.25) is 0 Å². The number of phenolic OH excluding ortho intramolecular Hbond substituents is 1. The highest BCUT2D eigenvalue weighted by Gasteiger charge is 2.25. The van der Waals surface area contributed by atoms with Gasteiger partial charge < -0.3 is 10.2 Å². The van der Waals surface area contributed by atoms with Gasteiger partial charge in [-0.3, -0.25) is 4.79 Å². The Balaban J connectivity index is 3.16. The summed E-state index contributed by atoms with van der Waals surface area (Å²) in [5.41, 5.74) is -0.393. The third kappa shape index (κ3) is 4.12. The van der Waals surface area contributed by atoms with E-state index in [0.717, 1.165) is 12.3 Å². The second-order valence-corrected chi connectivity index (χ2v) is 6.61. The molecular weight excluding hydrogens is 364 g/mol. The van der Waals surface area contributed by atoms with E-state index in [4.69, 9.17) is 10.2 Å². The van der Waals surface area contributed by atoms with E-state index in [1.54, 1.807) is 4.72 Å². The highest BCUT2D eigenvalue weighted by Crippen LogP contribution is 2.31. The summed E-state index contributed by atoms with van der Waals surface area (Å²) in [4.78, 5) is 10.9. The van der Waals surface area contributed by atoms with Crippen molar-refractivity contribution in [3.63, 3.8) is 0 Å². The van der Waals surface area contributed by atoms with E-state index >= 15 is 0 Å². The maximum absolute atomic E-state index is 13.6. The zero-order valence-electron chi connectivity index (χ0n) is 10.0. The highest BCUT2D eigenvalue weighted by molar-refractivity contribution is 9.10. The van der Waals surface area contributed by atoms with E-state index in [2.05, 4.69) is 15.9 Å². The van der Waals surface area contributed by atoms with Crippen molar-refractivity contribution in [3.8, 4) is 5.75 Å². The predicted molar refractivity (Wildman–Crippen MR) is 68.8 cm³/mol. The van der Waals surface area contributed by atoms with E-state index in [-0.39, 0.29) is 4.47 Å². The number of carboxylic acid groups (broad SMARTS) is 1. The number of benzene rings is 1. The Labute approximate surface area is 121 Å². The quantitative estimate of drug-likeness (QED) is 0.667. The Bertz CT molecular complexity index is 650. The number of hydrogen-bond acceptors (Lipinski definition) is 4. The van der Waals surface area contributed by atoms with Gasteiger partial charge in [0.2, 0.25) is 15.8 Å². The molecule has 0 spiro atoms. The van der Waals surface area contributed by atoms with E-state index < -0.39 is 51.4 Å². The fraction of sp³-hybridized carbons (Fsp3) is 0.300. The van der Waals surface area contributed by atoms with Crippen LogP contribution in [0.15, 0.2) is 10.5 Å². The number of aliphatic carboxylic acids is 1. The molecule has 112 valence electrons. The van der Waals surface area contributed by atoms with Gasteiger partial charge in [-0.2, -0.15) is 4.39 Å². The highest BCUT2D eigenvalue weighted by atomic mass is 79.9. The van der Waals surface area contributed by atoms with Crippen LogP contribution in [-0.4, -0.2) is 36.9 Å². The summed E-state index contributed by atoms with van der Waals surface area (Å²) < 4.78 is 50.5. The van der Waals surface area contributed by atoms with Crippen molar-refractivity contribution in [1.29, 1.82) is 0 Å². The molecule has 0 amide bonds. The first-order valence-electron chi connectivity index (χ1n) is 5.08. The first kappa shape index (κ1) is 16.8. The average molecular weight is 374 g/mol. The van der Waals surface area contributed by atoms with Gasteiger partial charge in [0.25, 0.3) is 0 Å². The number of halogens is 3. The average Bonchev–Trinajstić information content (AvgIpc) is 2.30. The minimum Gasteiger partial charge on any atom is -0.504 e. The summed E-state index contributed by atoms with van der Waals surface area (Å²) in [6, 6.07) is -0.677. The summed E-state index contributed by atoms with van der Waals surface area (Å²) in [5.74, 6) is -5.47. The molecule has 1 aromatic rings. The summed E-state index contributed by atoms with van der Waals surface area (Å²) in [6.45, 7) is 0. The molecule has 1 aromatic carbocycles. The van der Waals surface area contributed by atoms with Gasteiger partial charge in [0, 0.05) is 6.42 Å². The predicted octanol–water partition coefficient (Wildman–Crippen LogP) is 0.978. The fourth-order valence-corrected chi connectivity index (χ4v) is 2.59. The normalized spacial score (nSPS) is 13.2. The van der Waals surface area contributed by atoms with E-state index in [9.17, 15) is 22.0 Å². The molecule has 0 saturated carbocycles. The molecule has 0 fully saturated rings. The molecule has 0 aliphatic carbocycles. The van der Waals surface area contributed by atoms with Gasteiger partial charge in [0.15, 0.2) is 11.6 Å². The molecule has 1 unspecified atom stereocenters. The smallest absolute Gasteiger partial charge is 0.322 e. The van der Waals surface area contributed by atoms with Gasteiger partial charge >= 0.3 is 5.97 Å². The maximum Gasteiger partial charge on any atom is 0.322 e. The van der Waals surface area contributed by atoms with E-state index in [1.807, 2.05) is 0 Å². The number of phenols is 1. The standard InChI is InChI=1S/C10H10BrF2NO5S/c1-20(18,19)14-6(10(16)17)3-4-2-5(11)9(15)8(13)7(4)12/h2,6,14-15H,3H2,1H3,(H,16,17). The van der Waals surface area contributed by atoms with Crippen LogP contribution in [0, 0.1) is 11.6 Å². The minimum absolute atomic E-state index is 0.171. The lowest BCUT2D eigenvalue weighted by Gasteiger charge is -2.14. The third-order valence-corrected chi connectivity index (χ3v) is 3.61. The lowest BCUT2D eigenvalue weighted by molar-refractivity contribution is -0.138. The second kappa shape index (κ2) is 6.02. The van der Waals surface area contributed by atoms with Crippen LogP contribution in [0.25, 0.3) is 0 Å². The van der Waals surface area contributed by atoms with Crippen LogP contribution in [0.5, 0.6) is 5.75 Å². The van der Waals surface area contributed by atoms with E-state index in [1.165, 1.54) is 0 Å². The molecule has 3 N–H and O–H groups in total. The van der Waals surface area contributed by atoms with Crippen LogP contribution in [-0.2, 0) is 21.2 Å². The molecule has 0 heterocycles. The van der Waals surface area contributed by atoms with Crippen molar-refractivity contribution in [3.05, 3.63) is 27.7 Å². The number of hydrogen-bond donors (Lipinski definition) is 3. The Hall–Kier alpha value is -1.26. The van der Waals surface area contributed by atoms with Crippen LogP contribution in [0.4, 0.5) is 8.78 Å². The number of carbonyl (C=O) groups is 1. The van der Waals surface area contributed by atoms with Gasteiger partial charge in [-0.1, -0.05) is 0 Å². The molecule has 0 aromatic heterocycles. The molecule has 0 saturated heterocycles. The molecule has 0 aliphatic heterocycles. The molecule has 10 heteroatoms. The third-order valence-electron chi connectivity index (χ3n) is 2.29. The summed E-state index contributed by atoms with van der Waals surface area (Å²) in [5, 5.41) is 18.0. The lowest BCUT2D eigenvalue weighted by atomic mass is 10.1. The number of rotatable bonds is 5. The van der Waals surface area contributed by atoms with E-state index in [0.29, 0.717) is 0 Å². The molecule has 1 atom stereocenters. The van der Waals surface area contributed by atoms with Crippen LogP contribution in [0.3, 0.4) is 0 Å². The van der Waals surface area contributed by atoms with Crippen LogP contribution < -0.4 is 4.72 Å². The second-order valence-electron chi connectivity index (χ2n) is 3.98. The molecule has 0 radical (unpaired) electrons. The Morgan fingerprint density at radius 1 is 1.45 bits per heavy atom. The molecule has 6 nitrogen and oxygen atoms in total. The molecule has 0 bridgehead atoms. The molecular formula is C10H10BrF2NO5S. The van der Waals surface area contributed by atoms with Crippen molar-refractivity contribution in [2.24, 2.45) is 0 Å². The van der Waals surface area contributed by atoms with Crippen molar-refractivity contribution in [2.75, 3.05) is 6.26 Å². The Kier molecular flexibility index (Phi) is 5.05. The van der Waals surface area contributed by atoms with Crippen molar-refractivity contribution in [1.82, 2.24) is 4.72 Å². The van der Waals surface area contributed by atoms with Crippen molar-refractivity contribution in [2.45, 2.75) is 12.5 Å². The molecule has 1 rings (SSSR count). The number of nitrogens with one attached hydrogen (secondary N) is 1. The number of sulfonamides is 1. The molecule has 20 heavy (non-hydrogen) atoms. The van der Waals surface area contributed by atoms with Crippen molar-refractivity contribution < 1.29 is 32.2 Å². The zero-order chi connectivity index (χ0) is 15.7. The summed E-state index contributed by atoms with van der Waals surface area (Å²) >= 11 is 2.78. The molecule has 0 aliphatic rings. The van der Waals surface area contributed by atoms with Crippen molar-refractivity contribution >= 4 is 31.9 Å². The zero-order valence-corrected chi connectivity index (χ0v) is 12.4. The first-order valence-corrected chi connectivity index (χ1v) is 7.76. The summed E-state index contributed by atoms with van der Waals surface area (Å²) in [6.07, 6.45) is 0.122. The maximum atomic E-state index is 13.6. The topological polar surface area (TPSA) is 104 Å². The van der Waals surface area contributed by atoms with Gasteiger partial charge in [-0.15, -0.1) is 0 Å². The Morgan fingerprint density at radius 2 is 2.00 bits per heavy atom.